The van der Waals surface area contributed by atoms with Crippen LogP contribution in [-0.4, -0.2) is 110 Å². The van der Waals surface area contributed by atoms with E-state index in [0.717, 1.165) is 43.2 Å². The Labute approximate surface area is 379 Å². The fourth-order valence-corrected chi connectivity index (χ4v) is 11.2. The third kappa shape index (κ3) is 9.29. The van der Waals surface area contributed by atoms with Crippen LogP contribution >= 0.6 is 45.9 Å². The number of anilines is 4. The SMILES string of the molecule is CC(C)Oc1c(C(=O)c2cc(S(C)(=O)=O)cc(N3CCN(c4nc5cc(Cl)ccc5s4)CC3)c2OC(C)C)cc(S(C)(=O)=O)cc1N1CCN(c2nc3cc(Cl)ccc3s2)CC1. The van der Waals surface area contributed by atoms with Crippen LogP contribution in [0.2, 0.25) is 10.0 Å². The van der Waals surface area contributed by atoms with Crippen molar-refractivity contribution in [1.29, 1.82) is 0 Å². The maximum absolute atomic E-state index is 15.3. The number of carbonyl (C=O) groups excluding carboxylic acids is 1. The Hall–Kier alpha value is -4.39. The van der Waals surface area contributed by atoms with Gasteiger partial charge in [0.1, 0.15) is 0 Å². The number of carbonyl (C=O) groups is 1. The number of nitrogens with zero attached hydrogens (tertiary/aromatic N) is 6. The summed E-state index contributed by atoms with van der Waals surface area (Å²) in [6, 6.07) is 17.0. The molecular formula is C43H46Cl2N6O7S4. The highest BCUT2D eigenvalue weighted by Gasteiger charge is 2.33. The molecule has 2 saturated heterocycles. The second-order valence-corrected chi connectivity index (χ2v) is 22.9. The zero-order valence-electron chi connectivity index (χ0n) is 35.0. The summed E-state index contributed by atoms with van der Waals surface area (Å²) in [5, 5.41) is 2.93. The molecule has 4 aromatic carbocycles. The number of hydrogen-bond acceptors (Lipinski definition) is 15. The molecule has 0 unspecified atom stereocenters. The number of halogens is 2. The molecular weight excluding hydrogens is 912 g/mol. The molecule has 2 fully saturated rings. The quantitative estimate of drug-likeness (QED) is 0.108. The summed E-state index contributed by atoms with van der Waals surface area (Å²) in [4.78, 5) is 33.2. The summed E-state index contributed by atoms with van der Waals surface area (Å²) >= 11 is 15.6. The smallest absolute Gasteiger partial charge is 0.200 e. The molecule has 8 rings (SSSR count). The third-order valence-corrected chi connectivity index (χ3v) is 15.4. The molecule has 0 aliphatic carbocycles. The highest BCUT2D eigenvalue weighted by Crippen LogP contribution is 2.43. The molecule has 0 radical (unpaired) electrons. The molecule has 19 heteroatoms. The number of ether oxygens (including phenoxy) is 2. The van der Waals surface area contributed by atoms with Gasteiger partial charge in [-0.3, -0.25) is 4.79 Å². The van der Waals surface area contributed by atoms with Gasteiger partial charge in [0.05, 0.1) is 64.9 Å². The molecule has 13 nitrogen and oxygen atoms in total. The Morgan fingerprint density at radius 2 is 0.935 bits per heavy atom. The lowest BCUT2D eigenvalue weighted by Gasteiger charge is -2.37. The van der Waals surface area contributed by atoms with E-state index in [1.54, 1.807) is 34.8 Å². The van der Waals surface area contributed by atoms with E-state index in [1.807, 2.05) is 73.9 Å². The number of ketones is 1. The summed E-state index contributed by atoms with van der Waals surface area (Å²) in [6.45, 7) is 11.5. The number of sulfone groups is 2. The maximum atomic E-state index is 15.3. The molecule has 2 aliphatic heterocycles. The highest BCUT2D eigenvalue weighted by atomic mass is 35.5. The molecule has 2 aromatic heterocycles. The zero-order chi connectivity index (χ0) is 44.2. The fourth-order valence-electron chi connectivity index (χ4n) is 7.60. The summed E-state index contributed by atoms with van der Waals surface area (Å²) < 4.78 is 68.5. The second-order valence-electron chi connectivity index (χ2n) is 16.0. The van der Waals surface area contributed by atoms with Crippen molar-refractivity contribution in [2.75, 3.05) is 84.5 Å². The van der Waals surface area contributed by atoms with Crippen LogP contribution in [0.25, 0.3) is 20.4 Å². The van der Waals surface area contributed by atoms with E-state index < -0.39 is 37.7 Å². The third-order valence-electron chi connectivity index (χ3n) is 10.6. The maximum Gasteiger partial charge on any atom is 0.200 e. The van der Waals surface area contributed by atoms with Gasteiger partial charge in [0.2, 0.25) is 5.78 Å². The number of fused-ring (bicyclic) bond motifs is 2. The predicted molar refractivity (Wildman–Crippen MR) is 252 cm³/mol. The number of thiazole rings is 2. The lowest BCUT2D eigenvalue weighted by molar-refractivity contribution is 0.102. The van der Waals surface area contributed by atoms with Crippen LogP contribution in [0.1, 0.15) is 43.6 Å². The number of piperazine rings is 2. The molecule has 2 aliphatic rings. The Morgan fingerprint density at radius 3 is 1.27 bits per heavy atom. The minimum absolute atomic E-state index is 0.0203. The lowest BCUT2D eigenvalue weighted by Crippen LogP contribution is -2.47. The van der Waals surface area contributed by atoms with Crippen molar-refractivity contribution in [2.45, 2.75) is 49.7 Å². The first kappa shape index (κ1) is 44.2. The average molecular weight is 958 g/mol. The highest BCUT2D eigenvalue weighted by molar-refractivity contribution is 7.91. The minimum Gasteiger partial charge on any atom is -0.488 e. The molecule has 0 amide bonds. The fraction of sp³-hybridized carbons (Fsp3) is 0.372. The molecule has 4 heterocycles. The summed E-state index contributed by atoms with van der Waals surface area (Å²) in [6.07, 6.45) is 1.38. The van der Waals surface area contributed by atoms with Crippen molar-refractivity contribution in [3.63, 3.8) is 0 Å². The molecule has 0 N–H and O–H groups in total. The van der Waals surface area contributed by atoms with Crippen molar-refractivity contribution in [3.8, 4) is 11.5 Å². The topological polar surface area (TPSA) is 143 Å². The summed E-state index contributed by atoms with van der Waals surface area (Å²) in [5.41, 5.74) is 2.48. The van der Waals surface area contributed by atoms with E-state index in [9.17, 15) is 16.8 Å². The van der Waals surface area contributed by atoms with Crippen LogP contribution in [0.4, 0.5) is 21.6 Å². The molecule has 0 bridgehead atoms. The van der Waals surface area contributed by atoms with Gasteiger partial charge in [0.25, 0.3) is 0 Å². The number of hydrogen-bond donors (Lipinski definition) is 0. The van der Waals surface area contributed by atoms with E-state index in [2.05, 4.69) is 9.80 Å². The van der Waals surface area contributed by atoms with Crippen molar-refractivity contribution in [3.05, 3.63) is 81.8 Å². The lowest BCUT2D eigenvalue weighted by atomic mass is 9.98. The first-order chi connectivity index (χ1) is 29.3. The molecule has 328 valence electrons. The molecule has 0 atom stereocenters. The minimum atomic E-state index is -3.86. The van der Waals surface area contributed by atoms with Crippen LogP contribution < -0.4 is 29.1 Å². The van der Waals surface area contributed by atoms with Gasteiger partial charge in [0.15, 0.2) is 41.4 Å². The average Bonchev–Trinajstić information content (AvgIpc) is 3.83. The van der Waals surface area contributed by atoms with E-state index in [4.69, 9.17) is 42.6 Å². The van der Waals surface area contributed by atoms with Crippen molar-refractivity contribution < 1.29 is 31.1 Å². The predicted octanol–water partition coefficient (Wildman–Crippen LogP) is 8.48. The molecule has 0 spiro atoms. The first-order valence-electron chi connectivity index (χ1n) is 20.1. The molecule has 62 heavy (non-hydrogen) atoms. The Morgan fingerprint density at radius 1 is 0.581 bits per heavy atom. The Bertz CT molecular complexity index is 2730. The van der Waals surface area contributed by atoms with Crippen LogP contribution in [0.15, 0.2) is 70.5 Å². The van der Waals surface area contributed by atoms with Crippen molar-refractivity contribution >= 4 is 113 Å². The van der Waals surface area contributed by atoms with Crippen molar-refractivity contribution in [1.82, 2.24) is 9.97 Å². The van der Waals surface area contributed by atoms with Gasteiger partial charge >= 0.3 is 0 Å². The zero-order valence-corrected chi connectivity index (χ0v) is 39.8. The van der Waals surface area contributed by atoms with E-state index in [1.165, 1.54) is 12.1 Å². The largest absolute Gasteiger partial charge is 0.488 e. The van der Waals surface area contributed by atoms with Crippen LogP contribution in [-0.2, 0) is 19.7 Å². The first-order valence-corrected chi connectivity index (χ1v) is 26.3. The van der Waals surface area contributed by atoms with Crippen LogP contribution in [0.5, 0.6) is 11.5 Å². The Balaban J connectivity index is 1.18. The van der Waals surface area contributed by atoms with Gasteiger partial charge in [-0.1, -0.05) is 45.9 Å². The van der Waals surface area contributed by atoms with Gasteiger partial charge in [-0.25, -0.2) is 26.8 Å². The van der Waals surface area contributed by atoms with Crippen LogP contribution in [0.3, 0.4) is 0 Å². The molecule has 6 aromatic rings. The van der Waals surface area contributed by atoms with Gasteiger partial charge < -0.3 is 29.1 Å². The monoisotopic (exact) mass is 956 g/mol. The number of benzene rings is 4. The summed E-state index contributed by atoms with van der Waals surface area (Å²) in [7, 11) is -7.72. The van der Waals surface area contributed by atoms with Gasteiger partial charge in [0, 0.05) is 74.9 Å². The van der Waals surface area contributed by atoms with Gasteiger partial charge in [-0.2, -0.15) is 0 Å². The standard InChI is InChI=1S/C43H46Cl2N6O7S4/c1-25(2)57-40-31(21-29(61(5,53)54)23-35(40)48-11-15-50(16-12-48)42-46-33-19-27(44)7-9-37(33)59-42)39(52)32-22-30(62(6,55)56)24-36(41(32)58-26(3)4)49-13-17-51(18-14-49)43-47-34-20-28(45)8-10-38(34)60-43/h7-10,19-26H,11-18H2,1-6H3. The van der Waals surface area contributed by atoms with Gasteiger partial charge in [-0.05, 0) is 88.4 Å². The van der Waals surface area contributed by atoms with Crippen molar-refractivity contribution in [2.24, 2.45) is 0 Å². The van der Waals surface area contributed by atoms with Gasteiger partial charge in [-0.15, -0.1) is 0 Å². The number of rotatable bonds is 12. The van der Waals surface area contributed by atoms with E-state index in [-0.39, 0.29) is 32.4 Å². The number of aromatic nitrogens is 2. The second kappa shape index (κ2) is 17.3. The van der Waals surface area contributed by atoms with Crippen LogP contribution in [0, 0.1) is 0 Å². The van der Waals surface area contributed by atoms with E-state index in [0.29, 0.717) is 73.8 Å². The normalized spacial score (nSPS) is 15.4. The van der Waals surface area contributed by atoms with E-state index >= 15 is 4.79 Å². The molecule has 0 saturated carbocycles. The Kier molecular flexibility index (Phi) is 12.3. The summed E-state index contributed by atoms with van der Waals surface area (Å²) in [5.74, 6) is -0.227.